The summed E-state index contributed by atoms with van der Waals surface area (Å²) in [5.74, 6) is -0.401. The van der Waals surface area contributed by atoms with E-state index in [-0.39, 0.29) is 17.6 Å². The third kappa shape index (κ3) is 3.40. The topological polar surface area (TPSA) is 73.8 Å². The Morgan fingerprint density at radius 2 is 2.09 bits per heavy atom. The number of benzene rings is 1. The molecule has 1 atom stereocenters. The van der Waals surface area contributed by atoms with Crippen LogP contribution in [0.4, 0.5) is 5.69 Å². The lowest BCUT2D eigenvalue weighted by molar-refractivity contribution is -0.120. The lowest BCUT2D eigenvalue weighted by Gasteiger charge is -2.30. The van der Waals surface area contributed by atoms with Gasteiger partial charge in [0.1, 0.15) is 6.04 Å². The lowest BCUT2D eigenvalue weighted by atomic mass is 10.2. The van der Waals surface area contributed by atoms with Crippen LogP contribution in [0.3, 0.4) is 0 Å². The van der Waals surface area contributed by atoms with Gasteiger partial charge in [-0.15, -0.1) is 11.3 Å². The van der Waals surface area contributed by atoms with Crippen molar-refractivity contribution in [1.29, 1.82) is 0 Å². The second kappa shape index (κ2) is 6.62. The zero-order valence-electron chi connectivity index (χ0n) is 12.5. The van der Waals surface area contributed by atoms with E-state index in [0.29, 0.717) is 12.2 Å². The molecule has 0 unspecified atom stereocenters. The van der Waals surface area contributed by atoms with E-state index in [1.807, 2.05) is 35.7 Å². The quantitative estimate of drug-likeness (QED) is 0.897. The number of nitrogens with one attached hydrogen (secondary N) is 2. The van der Waals surface area contributed by atoms with Crippen molar-refractivity contribution in [3.63, 3.8) is 0 Å². The van der Waals surface area contributed by atoms with Crippen LogP contribution in [-0.2, 0) is 16.1 Å². The molecule has 0 bridgehead atoms. The van der Waals surface area contributed by atoms with Crippen LogP contribution in [0.2, 0.25) is 0 Å². The van der Waals surface area contributed by atoms with Crippen LogP contribution in [0.25, 0.3) is 0 Å². The number of amidine groups is 1. The normalized spacial score (nSPS) is 17.4. The van der Waals surface area contributed by atoms with Crippen molar-refractivity contribution in [3.8, 4) is 0 Å². The summed E-state index contributed by atoms with van der Waals surface area (Å²) in [6.45, 7) is 2.11. The summed E-state index contributed by atoms with van der Waals surface area (Å²) in [5.41, 5.74) is 3.47. The van der Waals surface area contributed by atoms with Gasteiger partial charge in [0.25, 0.3) is 11.8 Å². The number of amides is 2. The van der Waals surface area contributed by atoms with E-state index in [0.717, 1.165) is 4.88 Å². The van der Waals surface area contributed by atoms with E-state index in [2.05, 4.69) is 15.7 Å². The summed E-state index contributed by atoms with van der Waals surface area (Å²) in [6, 6.07) is 12.4. The summed E-state index contributed by atoms with van der Waals surface area (Å²) in [5, 5.41) is 6.12. The molecule has 2 amide bonds. The van der Waals surface area contributed by atoms with Crippen LogP contribution in [0.1, 0.15) is 11.8 Å². The standard InChI is InChI=1S/C16H16N4O2S/c1-11-16(22)20(12-6-3-2-4-7-12)19-14(18-11)15(21)17-10-13-8-5-9-23-13/h2-9,11H,10H2,1H3,(H,17,21)(H,18,19)/t11-/m1/s1. The van der Waals surface area contributed by atoms with E-state index >= 15 is 0 Å². The molecule has 7 heteroatoms. The highest BCUT2D eigenvalue weighted by Gasteiger charge is 2.30. The Morgan fingerprint density at radius 1 is 1.30 bits per heavy atom. The number of carbonyl (C=O) groups excluding carboxylic acids is 2. The first-order valence-corrected chi connectivity index (χ1v) is 8.07. The summed E-state index contributed by atoms with van der Waals surface area (Å²) < 4.78 is 0. The van der Waals surface area contributed by atoms with Crippen molar-refractivity contribution in [1.82, 2.24) is 10.7 Å². The third-order valence-electron chi connectivity index (χ3n) is 3.35. The number of hydrazine groups is 1. The van der Waals surface area contributed by atoms with Crippen molar-refractivity contribution in [3.05, 3.63) is 52.7 Å². The number of nitrogens with zero attached hydrogens (tertiary/aromatic N) is 2. The van der Waals surface area contributed by atoms with Crippen LogP contribution >= 0.6 is 11.3 Å². The zero-order valence-corrected chi connectivity index (χ0v) is 13.3. The largest absolute Gasteiger partial charge is 0.344 e. The van der Waals surface area contributed by atoms with E-state index in [1.165, 1.54) is 5.01 Å². The summed E-state index contributed by atoms with van der Waals surface area (Å²) in [4.78, 5) is 29.7. The fourth-order valence-corrected chi connectivity index (χ4v) is 2.81. The minimum Gasteiger partial charge on any atom is -0.344 e. The predicted molar refractivity (Wildman–Crippen MR) is 90.1 cm³/mol. The molecule has 1 aromatic heterocycles. The minimum atomic E-state index is -0.612. The molecule has 0 saturated carbocycles. The van der Waals surface area contributed by atoms with Crippen molar-refractivity contribution in [2.45, 2.75) is 19.5 Å². The Bertz CT molecular complexity index is 728. The predicted octanol–water partition coefficient (Wildman–Crippen LogP) is 1.70. The van der Waals surface area contributed by atoms with Gasteiger partial charge >= 0.3 is 0 Å². The highest BCUT2D eigenvalue weighted by Crippen LogP contribution is 2.16. The molecule has 0 radical (unpaired) electrons. The van der Waals surface area contributed by atoms with Crippen molar-refractivity contribution in [2.75, 3.05) is 5.01 Å². The van der Waals surface area contributed by atoms with Gasteiger partial charge in [0.05, 0.1) is 12.2 Å². The fraction of sp³-hybridized carbons (Fsp3) is 0.188. The Kier molecular flexibility index (Phi) is 4.38. The molecule has 2 aromatic rings. The molecular weight excluding hydrogens is 312 g/mol. The molecule has 23 heavy (non-hydrogen) atoms. The van der Waals surface area contributed by atoms with Gasteiger partial charge in [-0.05, 0) is 30.5 Å². The molecule has 0 fully saturated rings. The summed E-state index contributed by atoms with van der Waals surface area (Å²) in [6.07, 6.45) is 0. The SMILES string of the molecule is C[C@H]1N=C(C(=O)NCc2cccs2)NN(c2ccccc2)C1=O. The number of hydrogen-bond donors (Lipinski definition) is 2. The molecule has 1 aromatic carbocycles. The van der Waals surface area contributed by atoms with Crippen molar-refractivity contribution >= 4 is 34.7 Å². The molecule has 1 aliphatic rings. The molecule has 0 aliphatic carbocycles. The highest BCUT2D eigenvalue weighted by molar-refractivity contribution is 7.09. The van der Waals surface area contributed by atoms with Gasteiger partial charge < -0.3 is 5.32 Å². The summed E-state index contributed by atoms with van der Waals surface area (Å²) in [7, 11) is 0. The van der Waals surface area contributed by atoms with Gasteiger partial charge in [-0.1, -0.05) is 24.3 Å². The van der Waals surface area contributed by atoms with Crippen molar-refractivity contribution in [2.24, 2.45) is 4.99 Å². The van der Waals surface area contributed by atoms with Gasteiger partial charge in [0.15, 0.2) is 0 Å². The average Bonchev–Trinajstić information content (AvgIpc) is 3.09. The van der Waals surface area contributed by atoms with Crippen LogP contribution < -0.4 is 15.8 Å². The number of aliphatic imine (C=N–C) groups is 1. The Hall–Kier alpha value is -2.67. The number of rotatable bonds is 4. The van der Waals surface area contributed by atoms with Crippen LogP contribution in [0.5, 0.6) is 0 Å². The minimum absolute atomic E-state index is 0.137. The van der Waals surface area contributed by atoms with Gasteiger partial charge in [-0.25, -0.2) is 10.0 Å². The number of carbonyl (C=O) groups is 2. The van der Waals surface area contributed by atoms with Gasteiger partial charge in [0, 0.05) is 4.88 Å². The number of hydrogen-bond acceptors (Lipinski definition) is 5. The van der Waals surface area contributed by atoms with Gasteiger partial charge in [-0.2, -0.15) is 0 Å². The fourth-order valence-electron chi connectivity index (χ4n) is 2.17. The van der Waals surface area contributed by atoms with Gasteiger partial charge in [-0.3, -0.25) is 15.0 Å². The monoisotopic (exact) mass is 328 g/mol. The van der Waals surface area contributed by atoms with Crippen LogP contribution in [0, 0.1) is 0 Å². The smallest absolute Gasteiger partial charge is 0.288 e. The first kappa shape index (κ1) is 15.2. The number of thiophene rings is 1. The van der Waals surface area contributed by atoms with Gasteiger partial charge in [0.2, 0.25) is 5.84 Å². The maximum Gasteiger partial charge on any atom is 0.288 e. The highest BCUT2D eigenvalue weighted by atomic mass is 32.1. The summed E-state index contributed by atoms with van der Waals surface area (Å²) >= 11 is 1.57. The molecule has 1 aliphatic heterocycles. The molecule has 118 valence electrons. The molecule has 2 N–H and O–H groups in total. The van der Waals surface area contributed by atoms with Crippen molar-refractivity contribution < 1.29 is 9.59 Å². The Labute approximate surface area is 137 Å². The van der Waals surface area contributed by atoms with E-state index in [9.17, 15) is 9.59 Å². The average molecular weight is 328 g/mol. The lowest BCUT2D eigenvalue weighted by Crippen LogP contribution is -2.57. The van der Waals surface area contributed by atoms with Crippen LogP contribution in [0.15, 0.2) is 52.8 Å². The molecule has 0 saturated heterocycles. The number of para-hydroxylation sites is 1. The third-order valence-corrected chi connectivity index (χ3v) is 4.23. The molecule has 3 rings (SSSR count). The maximum absolute atomic E-state index is 12.3. The van der Waals surface area contributed by atoms with E-state index < -0.39 is 6.04 Å². The molecule has 2 heterocycles. The molecule has 0 spiro atoms. The first-order valence-electron chi connectivity index (χ1n) is 7.19. The van der Waals surface area contributed by atoms with E-state index in [4.69, 9.17) is 0 Å². The molecular formula is C16H16N4O2S. The van der Waals surface area contributed by atoms with E-state index in [1.54, 1.807) is 30.4 Å². The molecule has 6 nitrogen and oxygen atoms in total. The Balaban J connectivity index is 1.73. The second-order valence-corrected chi connectivity index (χ2v) is 6.07. The second-order valence-electron chi connectivity index (χ2n) is 5.04. The number of anilines is 1. The van der Waals surface area contributed by atoms with Crippen LogP contribution in [-0.4, -0.2) is 23.7 Å². The zero-order chi connectivity index (χ0) is 16.2. The first-order chi connectivity index (χ1) is 11.1. The maximum atomic E-state index is 12.3. The Morgan fingerprint density at radius 3 is 2.78 bits per heavy atom.